The highest BCUT2D eigenvalue weighted by atomic mass is 16.5. The van der Waals surface area contributed by atoms with E-state index in [0.29, 0.717) is 6.42 Å². The zero-order valence-electron chi connectivity index (χ0n) is 12.3. The first-order valence-corrected chi connectivity index (χ1v) is 6.36. The molecule has 5 heteroatoms. The van der Waals surface area contributed by atoms with E-state index in [1.807, 2.05) is 27.7 Å². The van der Waals surface area contributed by atoms with Gasteiger partial charge in [-0.1, -0.05) is 13.8 Å². The van der Waals surface area contributed by atoms with Crippen LogP contribution in [0.3, 0.4) is 0 Å². The van der Waals surface area contributed by atoms with Crippen molar-refractivity contribution in [3.63, 3.8) is 0 Å². The average molecular weight is 258 g/mol. The van der Waals surface area contributed by atoms with E-state index in [1.165, 1.54) is 14.1 Å². The Hall–Kier alpha value is -1.10. The van der Waals surface area contributed by atoms with Crippen molar-refractivity contribution in [2.75, 3.05) is 20.7 Å². The number of hydrogen-bond acceptors (Lipinski definition) is 3. The Labute approximate surface area is 110 Å². The molecule has 0 aromatic rings. The minimum atomic E-state index is -1.15. The highest BCUT2D eigenvalue weighted by molar-refractivity contribution is 6.05. The van der Waals surface area contributed by atoms with Crippen molar-refractivity contribution in [3.05, 3.63) is 0 Å². The summed E-state index contributed by atoms with van der Waals surface area (Å²) in [4.78, 5) is 24.3. The molecule has 2 N–H and O–H groups in total. The summed E-state index contributed by atoms with van der Waals surface area (Å²) >= 11 is 0. The topological polar surface area (TPSA) is 67.4 Å². The molecule has 0 aromatic heterocycles. The molecule has 0 bridgehead atoms. The predicted molar refractivity (Wildman–Crippen MR) is 71.1 cm³/mol. The first-order valence-electron chi connectivity index (χ1n) is 6.36. The largest absolute Gasteiger partial charge is 0.377 e. The molecule has 0 unspecified atom stereocenters. The lowest BCUT2D eigenvalue weighted by molar-refractivity contribution is -0.150. The first-order chi connectivity index (χ1) is 8.30. The Morgan fingerprint density at radius 3 is 1.78 bits per heavy atom. The molecule has 106 valence electrons. The first kappa shape index (κ1) is 16.9. The van der Waals surface area contributed by atoms with Crippen molar-refractivity contribution in [2.24, 2.45) is 11.3 Å². The number of rotatable bonds is 7. The highest BCUT2D eigenvalue weighted by Gasteiger charge is 2.45. The standard InChI is InChI=1S/C13H26N2O3/c1-9(2)7-13(11(16)14-5,12(17)15-6)8-18-10(3)4/h9-10H,7-8H2,1-6H3,(H,14,16)(H,15,17). The number of carbonyl (C=O) groups excluding carboxylic acids is 2. The smallest absolute Gasteiger partial charge is 0.237 e. The number of ether oxygens (including phenoxy) is 1. The van der Waals surface area contributed by atoms with E-state index >= 15 is 0 Å². The third-order valence-corrected chi connectivity index (χ3v) is 2.74. The molecule has 0 aromatic carbocycles. The lowest BCUT2D eigenvalue weighted by Gasteiger charge is -2.32. The van der Waals surface area contributed by atoms with Crippen LogP contribution in [0.1, 0.15) is 34.1 Å². The van der Waals surface area contributed by atoms with Gasteiger partial charge in [0.15, 0.2) is 5.41 Å². The van der Waals surface area contributed by atoms with Crippen molar-refractivity contribution < 1.29 is 14.3 Å². The van der Waals surface area contributed by atoms with Crippen LogP contribution in [0.5, 0.6) is 0 Å². The fourth-order valence-corrected chi connectivity index (χ4v) is 1.96. The van der Waals surface area contributed by atoms with E-state index in [1.54, 1.807) is 0 Å². The summed E-state index contributed by atoms with van der Waals surface area (Å²) in [5.41, 5.74) is -1.15. The second-order valence-electron chi connectivity index (χ2n) is 5.20. The SMILES string of the molecule is CNC(=O)C(COC(C)C)(CC(C)C)C(=O)NC. The third-order valence-electron chi connectivity index (χ3n) is 2.74. The van der Waals surface area contributed by atoms with Gasteiger partial charge in [-0.25, -0.2) is 0 Å². The summed E-state index contributed by atoms with van der Waals surface area (Å²) < 4.78 is 5.53. The van der Waals surface area contributed by atoms with Gasteiger partial charge in [-0.2, -0.15) is 0 Å². The Bertz CT molecular complexity index is 272. The Morgan fingerprint density at radius 2 is 1.50 bits per heavy atom. The van der Waals surface area contributed by atoms with Gasteiger partial charge in [-0.3, -0.25) is 9.59 Å². The maximum absolute atomic E-state index is 12.1. The minimum absolute atomic E-state index is 0.0224. The van der Waals surface area contributed by atoms with Crippen molar-refractivity contribution in [1.82, 2.24) is 10.6 Å². The van der Waals surface area contributed by atoms with Gasteiger partial charge >= 0.3 is 0 Å². The molecule has 0 aliphatic heterocycles. The van der Waals surface area contributed by atoms with Crippen LogP contribution in [0.2, 0.25) is 0 Å². The second kappa shape index (κ2) is 7.36. The molecule has 0 fully saturated rings. The zero-order chi connectivity index (χ0) is 14.3. The van der Waals surface area contributed by atoms with Crippen LogP contribution in [0.4, 0.5) is 0 Å². The van der Waals surface area contributed by atoms with Crippen LogP contribution in [0.25, 0.3) is 0 Å². The molecule has 0 spiro atoms. The predicted octanol–water partition coefficient (Wildman–Crippen LogP) is 0.936. The van der Waals surface area contributed by atoms with E-state index in [2.05, 4.69) is 10.6 Å². The van der Waals surface area contributed by atoms with Crippen LogP contribution in [-0.4, -0.2) is 38.6 Å². The Balaban J connectivity index is 5.25. The van der Waals surface area contributed by atoms with Crippen LogP contribution >= 0.6 is 0 Å². The minimum Gasteiger partial charge on any atom is -0.377 e. The summed E-state index contributed by atoms with van der Waals surface area (Å²) in [5.74, 6) is -0.372. The third kappa shape index (κ3) is 4.29. The summed E-state index contributed by atoms with van der Waals surface area (Å²) in [7, 11) is 3.07. The number of hydrogen-bond donors (Lipinski definition) is 2. The molecular weight excluding hydrogens is 232 g/mol. The summed E-state index contributed by atoms with van der Waals surface area (Å²) in [6.45, 7) is 7.83. The Morgan fingerprint density at radius 1 is 1.06 bits per heavy atom. The average Bonchev–Trinajstić information content (AvgIpc) is 2.31. The molecule has 0 rings (SSSR count). The van der Waals surface area contributed by atoms with Crippen molar-refractivity contribution in [3.8, 4) is 0 Å². The highest BCUT2D eigenvalue weighted by Crippen LogP contribution is 2.28. The number of amides is 2. The van der Waals surface area contributed by atoms with Crippen LogP contribution in [0.15, 0.2) is 0 Å². The van der Waals surface area contributed by atoms with E-state index in [4.69, 9.17) is 4.74 Å². The van der Waals surface area contributed by atoms with Crippen LogP contribution in [0, 0.1) is 11.3 Å². The summed E-state index contributed by atoms with van der Waals surface area (Å²) in [6.07, 6.45) is 0.435. The van der Waals surface area contributed by atoms with E-state index < -0.39 is 5.41 Å². The molecule has 0 radical (unpaired) electrons. The van der Waals surface area contributed by atoms with Gasteiger partial charge in [0.25, 0.3) is 0 Å². The monoisotopic (exact) mass is 258 g/mol. The van der Waals surface area contributed by atoms with Gasteiger partial charge in [-0.15, -0.1) is 0 Å². The van der Waals surface area contributed by atoms with Crippen molar-refractivity contribution in [2.45, 2.75) is 40.2 Å². The van der Waals surface area contributed by atoms with Gasteiger partial charge < -0.3 is 15.4 Å². The maximum Gasteiger partial charge on any atom is 0.237 e. The van der Waals surface area contributed by atoms with Gasteiger partial charge in [0.2, 0.25) is 11.8 Å². The fourth-order valence-electron chi connectivity index (χ4n) is 1.96. The van der Waals surface area contributed by atoms with Gasteiger partial charge in [0.05, 0.1) is 12.7 Å². The second-order valence-corrected chi connectivity index (χ2v) is 5.20. The van der Waals surface area contributed by atoms with E-state index in [9.17, 15) is 9.59 Å². The molecule has 0 atom stereocenters. The molecule has 0 saturated carbocycles. The van der Waals surface area contributed by atoms with Crippen molar-refractivity contribution in [1.29, 1.82) is 0 Å². The number of carbonyl (C=O) groups is 2. The summed E-state index contributed by atoms with van der Waals surface area (Å²) in [5, 5.41) is 5.14. The lowest BCUT2D eigenvalue weighted by Crippen LogP contribution is -2.53. The zero-order valence-corrected chi connectivity index (χ0v) is 12.3. The van der Waals surface area contributed by atoms with E-state index in [0.717, 1.165) is 0 Å². The molecule has 0 aliphatic rings. The van der Waals surface area contributed by atoms with Gasteiger partial charge in [0.1, 0.15) is 0 Å². The van der Waals surface area contributed by atoms with Gasteiger partial charge in [-0.05, 0) is 26.2 Å². The molecule has 2 amide bonds. The van der Waals surface area contributed by atoms with E-state index in [-0.39, 0.29) is 30.4 Å². The fraction of sp³-hybridized carbons (Fsp3) is 0.846. The molecule has 0 heterocycles. The van der Waals surface area contributed by atoms with Crippen LogP contribution < -0.4 is 10.6 Å². The Kier molecular flexibility index (Phi) is 6.91. The quantitative estimate of drug-likeness (QED) is 0.668. The van der Waals surface area contributed by atoms with Crippen LogP contribution in [-0.2, 0) is 14.3 Å². The molecule has 0 aliphatic carbocycles. The normalized spacial score (nSPS) is 11.8. The number of nitrogens with one attached hydrogen (secondary N) is 2. The molecule has 18 heavy (non-hydrogen) atoms. The van der Waals surface area contributed by atoms with Gasteiger partial charge in [0, 0.05) is 14.1 Å². The van der Waals surface area contributed by atoms with Crippen molar-refractivity contribution >= 4 is 11.8 Å². The molecular formula is C13H26N2O3. The summed E-state index contributed by atoms with van der Waals surface area (Å²) in [6, 6.07) is 0. The maximum atomic E-state index is 12.1. The molecule has 5 nitrogen and oxygen atoms in total. The lowest BCUT2D eigenvalue weighted by atomic mass is 9.78. The molecule has 0 saturated heterocycles.